The van der Waals surface area contributed by atoms with Gasteiger partial charge >= 0.3 is 5.97 Å². The summed E-state index contributed by atoms with van der Waals surface area (Å²) in [4.78, 5) is 11.2. The molecular formula is C12H11BrFN3O2. The second kappa shape index (κ2) is 5.48. The molecular weight excluding hydrogens is 317 g/mol. The van der Waals surface area contributed by atoms with Crippen LogP contribution in [-0.2, 0) is 11.8 Å². The van der Waals surface area contributed by atoms with Crippen LogP contribution in [0.2, 0.25) is 0 Å². The molecule has 0 atom stereocenters. The molecule has 1 aromatic heterocycles. The molecule has 0 bridgehead atoms. The first-order valence-corrected chi connectivity index (χ1v) is 6.73. The molecule has 0 spiro atoms. The zero-order chi connectivity index (χ0) is 14.0. The summed E-state index contributed by atoms with van der Waals surface area (Å²) >= 11 is 3.28. The van der Waals surface area contributed by atoms with Gasteiger partial charge in [-0.15, -0.1) is 10.2 Å². The summed E-state index contributed by atoms with van der Waals surface area (Å²) in [5.41, 5.74) is 0.252. The number of aromatic carboxylic acids is 1. The molecule has 1 N–H and O–H groups in total. The van der Waals surface area contributed by atoms with Crippen LogP contribution in [0, 0.1) is 5.82 Å². The van der Waals surface area contributed by atoms with E-state index in [-0.39, 0.29) is 5.56 Å². The molecule has 100 valence electrons. The molecule has 0 saturated carbocycles. The standard InChI is InChI=1S/C12H11BrFN3O2/c1-2-10-15-16-11(6-13)17(10)9-4-3-7(14)5-8(9)12(18)19/h3-5H,2,6H2,1H3,(H,18,19). The van der Waals surface area contributed by atoms with Gasteiger partial charge < -0.3 is 5.11 Å². The van der Waals surface area contributed by atoms with Crippen LogP contribution in [0.25, 0.3) is 5.69 Å². The number of benzene rings is 1. The molecule has 7 heteroatoms. The van der Waals surface area contributed by atoms with E-state index in [1.54, 1.807) is 4.57 Å². The fourth-order valence-electron chi connectivity index (χ4n) is 1.82. The average Bonchev–Trinajstić information content (AvgIpc) is 2.81. The van der Waals surface area contributed by atoms with Gasteiger partial charge in [-0.1, -0.05) is 22.9 Å². The van der Waals surface area contributed by atoms with E-state index in [1.807, 2.05) is 6.92 Å². The number of aryl methyl sites for hydroxylation is 1. The van der Waals surface area contributed by atoms with E-state index < -0.39 is 11.8 Å². The minimum absolute atomic E-state index is 0.114. The van der Waals surface area contributed by atoms with Crippen molar-refractivity contribution < 1.29 is 14.3 Å². The number of carboxylic acid groups (broad SMARTS) is 1. The first-order chi connectivity index (χ1) is 9.08. The van der Waals surface area contributed by atoms with Crippen molar-refractivity contribution in [3.63, 3.8) is 0 Å². The van der Waals surface area contributed by atoms with Gasteiger partial charge in [0, 0.05) is 6.42 Å². The van der Waals surface area contributed by atoms with Gasteiger partial charge in [0.25, 0.3) is 0 Å². The van der Waals surface area contributed by atoms with Gasteiger partial charge in [0.15, 0.2) is 0 Å². The molecule has 0 aliphatic rings. The minimum Gasteiger partial charge on any atom is -0.478 e. The number of alkyl halides is 1. The highest BCUT2D eigenvalue weighted by molar-refractivity contribution is 9.08. The molecule has 0 radical (unpaired) electrons. The summed E-state index contributed by atoms with van der Waals surface area (Å²) in [6, 6.07) is 3.64. The Hall–Kier alpha value is -1.76. The Bertz CT molecular complexity index is 606. The zero-order valence-corrected chi connectivity index (χ0v) is 11.7. The molecule has 0 saturated heterocycles. The van der Waals surface area contributed by atoms with Gasteiger partial charge in [0.05, 0.1) is 16.6 Å². The summed E-state index contributed by atoms with van der Waals surface area (Å²) in [6.07, 6.45) is 0.594. The summed E-state index contributed by atoms with van der Waals surface area (Å²) in [5, 5.41) is 17.6. The second-order valence-corrected chi connectivity index (χ2v) is 4.38. The largest absolute Gasteiger partial charge is 0.478 e. The number of hydrogen-bond donors (Lipinski definition) is 1. The van der Waals surface area contributed by atoms with Crippen LogP contribution in [0.3, 0.4) is 0 Å². The van der Waals surface area contributed by atoms with Gasteiger partial charge in [0.1, 0.15) is 17.5 Å². The van der Waals surface area contributed by atoms with E-state index in [1.165, 1.54) is 12.1 Å². The van der Waals surface area contributed by atoms with E-state index in [0.29, 0.717) is 29.1 Å². The van der Waals surface area contributed by atoms with Crippen LogP contribution in [0.1, 0.15) is 28.9 Å². The minimum atomic E-state index is -1.19. The van der Waals surface area contributed by atoms with Gasteiger partial charge in [-0.2, -0.15) is 0 Å². The van der Waals surface area contributed by atoms with Crippen molar-refractivity contribution in [2.75, 3.05) is 0 Å². The Morgan fingerprint density at radius 2 is 2.11 bits per heavy atom. The van der Waals surface area contributed by atoms with E-state index in [0.717, 1.165) is 6.07 Å². The monoisotopic (exact) mass is 327 g/mol. The maximum absolute atomic E-state index is 13.2. The van der Waals surface area contributed by atoms with Crippen molar-refractivity contribution in [3.05, 3.63) is 41.2 Å². The molecule has 0 unspecified atom stereocenters. The predicted octanol–water partition coefficient (Wildman–Crippen LogP) is 2.56. The molecule has 2 aromatic rings. The molecule has 0 aliphatic heterocycles. The molecule has 0 aliphatic carbocycles. The third-order valence-electron chi connectivity index (χ3n) is 2.66. The molecule has 0 amide bonds. The number of hydrogen-bond acceptors (Lipinski definition) is 3. The molecule has 0 fully saturated rings. The number of halogens is 2. The molecule has 2 rings (SSSR count). The average molecular weight is 328 g/mol. The summed E-state index contributed by atoms with van der Waals surface area (Å²) in [6.45, 7) is 1.89. The SMILES string of the molecule is CCc1nnc(CBr)n1-c1ccc(F)cc1C(=O)O. The quantitative estimate of drug-likeness (QED) is 0.876. The Morgan fingerprint density at radius 1 is 1.42 bits per heavy atom. The number of carbonyl (C=O) groups is 1. The predicted molar refractivity (Wildman–Crippen MR) is 70.3 cm³/mol. The fraction of sp³-hybridized carbons (Fsp3) is 0.250. The van der Waals surface area contributed by atoms with Crippen molar-refractivity contribution in [3.8, 4) is 5.69 Å². The van der Waals surface area contributed by atoms with Crippen LogP contribution >= 0.6 is 15.9 Å². The van der Waals surface area contributed by atoms with E-state index >= 15 is 0 Å². The van der Waals surface area contributed by atoms with Crippen LogP contribution < -0.4 is 0 Å². The number of rotatable bonds is 4. The lowest BCUT2D eigenvalue weighted by atomic mass is 10.1. The van der Waals surface area contributed by atoms with Crippen molar-refractivity contribution in [2.45, 2.75) is 18.7 Å². The first-order valence-electron chi connectivity index (χ1n) is 5.60. The highest BCUT2D eigenvalue weighted by atomic mass is 79.9. The topological polar surface area (TPSA) is 68.0 Å². The zero-order valence-electron chi connectivity index (χ0n) is 10.1. The molecule has 5 nitrogen and oxygen atoms in total. The lowest BCUT2D eigenvalue weighted by Crippen LogP contribution is -2.10. The Balaban J connectivity index is 2.71. The summed E-state index contributed by atoms with van der Waals surface area (Å²) in [7, 11) is 0. The lowest BCUT2D eigenvalue weighted by Gasteiger charge is -2.11. The fourth-order valence-corrected chi connectivity index (χ4v) is 2.18. The Kier molecular flexibility index (Phi) is 3.94. The van der Waals surface area contributed by atoms with Crippen molar-refractivity contribution in [1.29, 1.82) is 0 Å². The number of nitrogens with zero attached hydrogens (tertiary/aromatic N) is 3. The summed E-state index contributed by atoms with van der Waals surface area (Å²) < 4.78 is 14.8. The number of aromatic nitrogens is 3. The summed E-state index contributed by atoms with van der Waals surface area (Å²) in [5.74, 6) is -0.576. The lowest BCUT2D eigenvalue weighted by molar-refractivity contribution is 0.0696. The third-order valence-corrected chi connectivity index (χ3v) is 3.16. The molecule has 1 aromatic carbocycles. The van der Waals surface area contributed by atoms with E-state index in [9.17, 15) is 14.3 Å². The smallest absolute Gasteiger partial charge is 0.337 e. The molecule has 1 heterocycles. The first kappa shape index (κ1) is 13.7. The van der Waals surface area contributed by atoms with Crippen LogP contribution in [0.15, 0.2) is 18.2 Å². The van der Waals surface area contributed by atoms with Crippen molar-refractivity contribution in [2.24, 2.45) is 0 Å². The van der Waals surface area contributed by atoms with Crippen LogP contribution in [-0.4, -0.2) is 25.8 Å². The third kappa shape index (κ3) is 2.51. The van der Waals surface area contributed by atoms with Gasteiger partial charge in [-0.05, 0) is 18.2 Å². The van der Waals surface area contributed by atoms with Gasteiger partial charge in [-0.25, -0.2) is 9.18 Å². The van der Waals surface area contributed by atoms with Crippen molar-refractivity contribution in [1.82, 2.24) is 14.8 Å². The Labute approximate surface area is 117 Å². The maximum Gasteiger partial charge on any atom is 0.337 e. The second-order valence-electron chi connectivity index (χ2n) is 3.82. The van der Waals surface area contributed by atoms with Crippen LogP contribution in [0.5, 0.6) is 0 Å². The van der Waals surface area contributed by atoms with Gasteiger partial charge in [-0.3, -0.25) is 4.57 Å². The van der Waals surface area contributed by atoms with Crippen molar-refractivity contribution >= 4 is 21.9 Å². The highest BCUT2D eigenvalue weighted by Crippen LogP contribution is 2.21. The van der Waals surface area contributed by atoms with E-state index in [4.69, 9.17) is 0 Å². The van der Waals surface area contributed by atoms with E-state index in [2.05, 4.69) is 26.1 Å². The Morgan fingerprint density at radius 3 is 2.68 bits per heavy atom. The highest BCUT2D eigenvalue weighted by Gasteiger charge is 2.18. The maximum atomic E-state index is 13.2. The normalized spacial score (nSPS) is 10.7. The number of carboxylic acids is 1. The van der Waals surface area contributed by atoms with Gasteiger partial charge in [0.2, 0.25) is 0 Å². The molecule has 19 heavy (non-hydrogen) atoms. The van der Waals surface area contributed by atoms with Crippen LogP contribution in [0.4, 0.5) is 4.39 Å².